The summed E-state index contributed by atoms with van der Waals surface area (Å²) in [5.41, 5.74) is 12.8. The minimum Gasteiger partial charge on any atom is -0.496 e. The Morgan fingerprint density at radius 3 is 0.753 bits per heavy atom. The number of ether oxygens (including phenoxy) is 6. The Balaban J connectivity index is 0.000000131. The highest BCUT2D eigenvalue weighted by Gasteiger charge is 2.65. The maximum atomic E-state index is 14.1. The van der Waals surface area contributed by atoms with E-state index in [9.17, 15) is 58.8 Å². The molecule has 18 nitrogen and oxygen atoms in total. The van der Waals surface area contributed by atoms with Crippen molar-refractivity contribution in [2.45, 2.75) is 166 Å². The van der Waals surface area contributed by atoms with Crippen molar-refractivity contribution in [3.05, 3.63) is 434 Å². The number of carboxylic acid groups (broad SMARTS) is 4. The number of benzene rings is 13. The molecule has 26 heteroatoms. The summed E-state index contributed by atoms with van der Waals surface area (Å²) < 4.78 is 36.1. The number of hydrogen-bond donors (Lipinski definition) is 4. The van der Waals surface area contributed by atoms with Crippen molar-refractivity contribution in [2.75, 3.05) is 20.8 Å². The summed E-state index contributed by atoms with van der Waals surface area (Å²) in [5, 5.41) is 44.2. The summed E-state index contributed by atoms with van der Waals surface area (Å²) in [6.07, 6.45) is 10.4. The molecule has 150 heavy (non-hydrogen) atoms. The van der Waals surface area contributed by atoms with Gasteiger partial charge in [-0.05, 0) is 202 Å². The highest BCUT2D eigenvalue weighted by atomic mass is 35.5. The number of fused-ring (bicyclic) bond motifs is 3. The van der Waals surface area contributed by atoms with E-state index in [1.807, 2.05) is 127 Å². The second kappa shape index (κ2) is 48.4. The van der Waals surface area contributed by atoms with E-state index in [2.05, 4.69) is 60.7 Å². The van der Waals surface area contributed by atoms with Crippen LogP contribution >= 0.6 is 92.8 Å². The molecule has 13 aromatic carbocycles. The van der Waals surface area contributed by atoms with Gasteiger partial charge < -0.3 is 48.8 Å². The van der Waals surface area contributed by atoms with Crippen LogP contribution in [0.4, 0.5) is 0 Å². The Labute approximate surface area is 911 Å². The number of carbonyl (C=O) groups excluding carboxylic acids is 4. The second-order valence-electron chi connectivity index (χ2n) is 39.8. The van der Waals surface area contributed by atoms with E-state index in [0.717, 1.165) is 110 Å². The van der Waals surface area contributed by atoms with Crippen LogP contribution in [0.5, 0.6) is 11.5 Å². The van der Waals surface area contributed by atoms with E-state index in [-0.39, 0.29) is 60.5 Å². The number of carboxylic acids is 4. The predicted molar refractivity (Wildman–Crippen MR) is 582 cm³/mol. The number of para-hydroxylation sites is 2. The highest BCUT2D eigenvalue weighted by Crippen LogP contribution is 2.67. The van der Waals surface area contributed by atoms with Gasteiger partial charge in [-0.1, -0.05) is 373 Å². The van der Waals surface area contributed by atoms with Crippen LogP contribution in [-0.4, -0.2) is 107 Å². The van der Waals surface area contributed by atoms with Gasteiger partial charge >= 0.3 is 47.8 Å². The largest absolute Gasteiger partial charge is 0.496 e. The number of halogens is 8. The first-order valence-electron chi connectivity index (χ1n) is 50.9. The Morgan fingerprint density at radius 1 is 0.240 bits per heavy atom. The average molecular weight is 2170 g/mol. The smallest absolute Gasteiger partial charge is 0.310 e. The maximum absolute atomic E-state index is 14.1. The lowest BCUT2D eigenvalue weighted by Crippen LogP contribution is -2.52. The molecule has 0 bridgehead atoms. The van der Waals surface area contributed by atoms with Gasteiger partial charge in [-0.15, -0.1) is 0 Å². The van der Waals surface area contributed by atoms with Crippen molar-refractivity contribution in [1.29, 1.82) is 0 Å². The Kier molecular flexibility index (Phi) is 34.7. The van der Waals surface area contributed by atoms with Crippen LogP contribution in [0.25, 0.3) is 11.1 Å². The topological polar surface area (TPSA) is 273 Å². The van der Waals surface area contributed by atoms with Crippen LogP contribution in [0, 0.1) is 47.3 Å². The molecule has 0 radical (unpaired) electrons. The zero-order valence-electron chi connectivity index (χ0n) is 82.1. The fourth-order valence-electron chi connectivity index (χ4n) is 25.3. The van der Waals surface area contributed by atoms with Crippen molar-refractivity contribution in [3.8, 4) is 22.6 Å². The standard InChI is InChI=1S/C32H24Cl2O4.C32H34O6.C30H26Cl4O4.C30H28Cl2O4/c33-25-15-7-5-13-22(25)27-29(31(35)36)28(23-14-6-8-16-26(23)34)30(27)32(37)38-17-24-20-11-3-1-9-18(20)19-10-2-4-12-21(19)24;1-36-24-17-9-7-15-22(24)27-29(31(33)34)28(23-16-8-10-18-25(23)37-2)30(27)32(35)38-26-19-11-6-14-21(26)20-12-4-3-5-13-20;31-18-11-6-12-19(32)23(18)25-27(29(35)36)26(24-20(33)13-7-14-21(24)34)28(25)30(37)38-22-15-5-4-10-17(22)16-8-2-1-3-9-16;31-22-15-7-4-13-20(22)25-27(29(33)34)26(21-14-5-8-16-23(21)32)28(25)30(35)36-24-17-9-6-12-19(24)18-10-2-1-3-11-18/h1-16,24,27-30H,17H2,(H,35,36);3-5,7-10,12-13,15-18,21,26-30H,6,11,14,19H2,1-2H3,(H,33,34);1-3,6-9,11-14,17,22,25-28H,4-5,10,15H2,(H,35,36);1-5,7-8,10-11,13-16,19,24-28H,6,9,12,17H2,(H,33,34)/t27-,28-,29?,30?;21-,26?,27-,28-,29?,30?;17-,22?,25-,26-,27?,28?;19-,24?,25-,26-,27?,28?/m0000/s1. The summed E-state index contributed by atoms with van der Waals surface area (Å²) in [7, 11) is 3.12. The molecular formula is C124H112Cl8O18. The normalized spacial score (nSPS) is 25.7. The summed E-state index contributed by atoms with van der Waals surface area (Å²) in [6.45, 7) is 0.158. The SMILES string of the molecule is COc1ccccc1[C@H]1C(C(=O)O)[C@H](c2ccccc2OC)C1C(=O)OC1CCCC[C@H]1c1ccccc1.O=C(O)C1[C@H](c2c(Cl)cccc2Cl)C(C(=O)OC2CCCC[C@H]2c2ccccc2)[C@H]1c1c(Cl)cccc1Cl.O=C(O)C1[C@H](c2ccccc2Cl)C(C(=O)OC2CCCC[C@H]2c2ccccc2)[C@H]1c1ccccc1Cl.O=C(O)C1[C@H](c2ccccc2Cl)C(C(=O)OCC2c3ccccc3-c3ccccc32)[C@H]1c1ccccc1Cl. The van der Waals surface area contributed by atoms with Crippen molar-refractivity contribution in [2.24, 2.45) is 47.3 Å². The van der Waals surface area contributed by atoms with Crippen molar-refractivity contribution in [3.63, 3.8) is 0 Å². The summed E-state index contributed by atoms with van der Waals surface area (Å²) in [4.78, 5) is 106. The average Bonchev–Trinajstić information content (AvgIpc) is 0.819. The molecule has 7 fully saturated rings. The molecule has 14 atom stereocenters. The van der Waals surface area contributed by atoms with Gasteiger partial charge in [0.1, 0.15) is 36.4 Å². The van der Waals surface area contributed by atoms with Gasteiger partial charge in [-0.2, -0.15) is 0 Å². The van der Waals surface area contributed by atoms with Crippen LogP contribution in [0.1, 0.15) is 220 Å². The molecular weight excluding hydrogens is 2060 g/mol. The zero-order chi connectivity index (χ0) is 105. The fraction of sp³-hybridized carbons (Fsp3) is 0.306. The molecule has 0 amide bonds. The minimum absolute atomic E-state index is 0.0638. The van der Waals surface area contributed by atoms with Crippen LogP contribution in [0.2, 0.25) is 40.2 Å². The molecule has 3 unspecified atom stereocenters. The molecule has 0 heterocycles. The Hall–Kier alpha value is -12.5. The quantitative estimate of drug-likeness (QED) is 0.0290. The van der Waals surface area contributed by atoms with Gasteiger partial charge in [0.15, 0.2) is 0 Å². The molecule has 4 N–H and O–H groups in total. The summed E-state index contributed by atoms with van der Waals surface area (Å²) >= 11 is 52.3. The second-order valence-corrected chi connectivity index (χ2v) is 43.1. The van der Waals surface area contributed by atoms with Crippen LogP contribution in [0.3, 0.4) is 0 Å². The highest BCUT2D eigenvalue weighted by molar-refractivity contribution is 6.37. The first-order chi connectivity index (χ1) is 72.8. The predicted octanol–water partition coefficient (Wildman–Crippen LogP) is 29.9. The third kappa shape index (κ3) is 22.1. The zero-order valence-corrected chi connectivity index (χ0v) is 88.1. The van der Waals surface area contributed by atoms with Gasteiger partial charge in [0.2, 0.25) is 0 Å². The third-order valence-corrected chi connectivity index (χ3v) is 34.8. The molecule has 0 saturated heterocycles. The van der Waals surface area contributed by atoms with Gasteiger partial charge in [0, 0.05) is 111 Å². The maximum Gasteiger partial charge on any atom is 0.310 e. The molecule has 8 aliphatic rings. The van der Waals surface area contributed by atoms with E-state index < -0.39 is 131 Å². The van der Waals surface area contributed by atoms with Gasteiger partial charge in [0.25, 0.3) is 0 Å². The number of carbonyl (C=O) groups is 8. The number of hydrogen-bond acceptors (Lipinski definition) is 14. The third-order valence-electron chi connectivity index (χ3n) is 32.1. The monoisotopic (exact) mass is 2170 g/mol. The Morgan fingerprint density at radius 2 is 0.467 bits per heavy atom. The molecule has 7 saturated carbocycles. The van der Waals surface area contributed by atoms with E-state index in [4.69, 9.17) is 121 Å². The fourth-order valence-corrected chi connectivity index (χ4v) is 27.6. The molecule has 772 valence electrons. The molecule has 0 aliphatic heterocycles. The number of esters is 4. The summed E-state index contributed by atoms with van der Waals surface area (Å²) in [6, 6.07) is 99.8. The van der Waals surface area contributed by atoms with Crippen LogP contribution in [-0.2, 0) is 57.3 Å². The van der Waals surface area contributed by atoms with E-state index in [0.29, 0.717) is 96.2 Å². The number of methoxy groups -OCH3 is 2. The van der Waals surface area contributed by atoms with Gasteiger partial charge in [-0.25, -0.2) is 0 Å². The van der Waals surface area contributed by atoms with Crippen LogP contribution in [0.15, 0.2) is 322 Å². The first kappa shape index (κ1) is 107. The number of rotatable bonds is 26. The van der Waals surface area contributed by atoms with Crippen LogP contribution < -0.4 is 9.47 Å². The van der Waals surface area contributed by atoms with Crippen molar-refractivity contribution < 1.29 is 87.2 Å². The van der Waals surface area contributed by atoms with Gasteiger partial charge in [0.05, 0.1) is 61.6 Å². The molecule has 21 rings (SSSR count). The van der Waals surface area contributed by atoms with E-state index in [1.165, 1.54) is 5.56 Å². The lowest BCUT2D eigenvalue weighted by Gasteiger charge is -2.50. The summed E-state index contributed by atoms with van der Waals surface area (Å²) in [5.74, 6) is -16.3. The number of aliphatic carboxylic acids is 4. The molecule has 8 aliphatic carbocycles. The molecule has 13 aromatic rings. The lowest BCUT2D eigenvalue weighted by atomic mass is 9.52. The van der Waals surface area contributed by atoms with E-state index >= 15 is 0 Å². The Bertz CT molecular complexity index is 6770. The first-order valence-corrected chi connectivity index (χ1v) is 53.9. The van der Waals surface area contributed by atoms with E-state index in [1.54, 1.807) is 148 Å². The minimum atomic E-state index is -1.09. The van der Waals surface area contributed by atoms with Crippen molar-refractivity contribution in [1.82, 2.24) is 0 Å². The molecule has 0 aromatic heterocycles. The molecule has 0 spiro atoms. The van der Waals surface area contributed by atoms with Gasteiger partial charge in [-0.3, -0.25) is 38.4 Å². The van der Waals surface area contributed by atoms with Crippen molar-refractivity contribution >= 4 is 141 Å². The lowest BCUT2D eigenvalue weighted by molar-refractivity contribution is -0.171.